The fourth-order valence-corrected chi connectivity index (χ4v) is 6.39. The number of aromatic hydroxyl groups is 1. The van der Waals surface area contributed by atoms with E-state index in [4.69, 9.17) is 9.47 Å². The van der Waals surface area contributed by atoms with E-state index >= 15 is 0 Å². The van der Waals surface area contributed by atoms with Crippen molar-refractivity contribution >= 4 is 11.8 Å². The van der Waals surface area contributed by atoms with Crippen LogP contribution in [0.4, 0.5) is 13.2 Å². The lowest BCUT2D eigenvalue weighted by atomic mass is 9.90. The predicted molar refractivity (Wildman–Crippen MR) is 173 cm³/mol. The van der Waals surface area contributed by atoms with Crippen molar-refractivity contribution in [2.45, 2.75) is 69.7 Å². The number of nitrogens with zero attached hydrogens (tertiary/aromatic N) is 2. The van der Waals surface area contributed by atoms with E-state index in [0.29, 0.717) is 41.1 Å². The number of hydrogen-bond acceptors (Lipinski definition) is 8. The molecule has 0 saturated carbocycles. The number of amides is 2. The van der Waals surface area contributed by atoms with Crippen molar-refractivity contribution in [3.63, 3.8) is 0 Å². The maximum atomic E-state index is 13.0. The smallest absolute Gasteiger partial charge is 0.471 e. The van der Waals surface area contributed by atoms with Crippen LogP contribution in [0, 0.1) is 5.92 Å². The number of benzene rings is 3. The highest BCUT2D eigenvalue weighted by Gasteiger charge is 2.47. The molecule has 0 unspecified atom stereocenters. The van der Waals surface area contributed by atoms with Gasteiger partial charge in [-0.1, -0.05) is 67.6 Å². The second-order valence-corrected chi connectivity index (χ2v) is 12.8. The molecule has 49 heavy (non-hydrogen) atoms. The summed E-state index contributed by atoms with van der Waals surface area (Å²) in [6.45, 7) is 2.64. The van der Waals surface area contributed by atoms with Gasteiger partial charge in [-0.25, -0.2) is 0 Å². The molecule has 4 N–H and O–H groups in total. The van der Waals surface area contributed by atoms with E-state index in [1.165, 1.54) is 6.07 Å². The van der Waals surface area contributed by atoms with Gasteiger partial charge in [0.05, 0.1) is 24.9 Å². The van der Waals surface area contributed by atoms with Gasteiger partial charge in [-0.2, -0.15) is 13.2 Å². The summed E-state index contributed by atoms with van der Waals surface area (Å²) in [6, 6.07) is 20.0. The molecule has 2 heterocycles. The average Bonchev–Trinajstić information content (AvgIpc) is 3.58. The quantitative estimate of drug-likeness (QED) is 0.232. The molecule has 0 aromatic heterocycles. The summed E-state index contributed by atoms with van der Waals surface area (Å²) in [7, 11) is 1.88. The zero-order chi connectivity index (χ0) is 35.3. The molecular formula is C36H42F3N3O7. The van der Waals surface area contributed by atoms with Crippen LogP contribution in [0.2, 0.25) is 0 Å². The average molecular weight is 686 g/mol. The molecule has 10 nitrogen and oxygen atoms in total. The Bertz CT molecular complexity index is 1570. The Hall–Kier alpha value is -4.01. The number of likely N-dealkylation sites (tertiary alicyclic amines) is 1. The van der Waals surface area contributed by atoms with Crippen molar-refractivity contribution < 1.29 is 47.6 Å². The summed E-state index contributed by atoms with van der Waals surface area (Å²) < 4.78 is 52.0. The van der Waals surface area contributed by atoms with E-state index in [0.717, 1.165) is 11.1 Å². The number of nitrogens with one attached hydrogen (secondary N) is 1. The Morgan fingerprint density at radius 3 is 2.35 bits per heavy atom. The van der Waals surface area contributed by atoms with Gasteiger partial charge in [0.15, 0.2) is 6.29 Å². The van der Waals surface area contributed by atoms with Crippen molar-refractivity contribution in [2.75, 3.05) is 26.7 Å². The molecule has 3 aromatic carbocycles. The van der Waals surface area contributed by atoms with Gasteiger partial charge >= 0.3 is 12.1 Å². The third-order valence-corrected chi connectivity index (χ3v) is 9.13. The van der Waals surface area contributed by atoms with E-state index in [-0.39, 0.29) is 50.0 Å². The van der Waals surface area contributed by atoms with E-state index in [1.54, 1.807) is 42.5 Å². The molecule has 0 bridgehead atoms. The van der Waals surface area contributed by atoms with Gasteiger partial charge in [0.2, 0.25) is 5.91 Å². The molecule has 2 aliphatic rings. The number of rotatable bonds is 11. The molecule has 2 amide bonds. The van der Waals surface area contributed by atoms with Gasteiger partial charge in [-0.15, -0.1) is 0 Å². The number of carbonyl (C=O) groups is 2. The summed E-state index contributed by atoms with van der Waals surface area (Å²) in [6.07, 6.45) is -6.85. The molecule has 2 saturated heterocycles. The molecule has 2 fully saturated rings. The van der Waals surface area contributed by atoms with Crippen LogP contribution in [0.3, 0.4) is 0 Å². The van der Waals surface area contributed by atoms with Crippen molar-refractivity contribution in [1.29, 1.82) is 0 Å². The van der Waals surface area contributed by atoms with Gasteiger partial charge in [0.25, 0.3) is 0 Å². The lowest BCUT2D eigenvalue weighted by Gasteiger charge is -2.42. The summed E-state index contributed by atoms with van der Waals surface area (Å²) in [4.78, 5) is 27.1. The number of phenols is 1. The summed E-state index contributed by atoms with van der Waals surface area (Å²) in [5, 5.41) is 32.8. The number of alkyl halides is 3. The Morgan fingerprint density at radius 2 is 1.69 bits per heavy atom. The number of aliphatic hydroxyl groups excluding tert-OH is 2. The van der Waals surface area contributed by atoms with Gasteiger partial charge in [0, 0.05) is 37.7 Å². The predicted octanol–water partition coefficient (Wildman–Crippen LogP) is 4.51. The van der Waals surface area contributed by atoms with E-state index in [1.807, 2.05) is 43.1 Å². The zero-order valence-corrected chi connectivity index (χ0v) is 27.3. The van der Waals surface area contributed by atoms with Crippen molar-refractivity contribution in [2.24, 2.45) is 5.92 Å². The highest BCUT2D eigenvalue weighted by Crippen LogP contribution is 2.42. The number of halogens is 3. The second-order valence-electron chi connectivity index (χ2n) is 12.8. The zero-order valence-electron chi connectivity index (χ0n) is 27.3. The first-order valence-electron chi connectivity index (χ1n) is 16.2. The molecule has 6 atom stereocenters. The fraction of sp³-hybridized carbons (Fsp3) is 0.444. The number of aliphatic hydroxyl groups is 2. The summed E-state index contributed by atoms with van der Waals surface area (Å²) in [5.41, 5.74) is 3.69. The van der Waals surface area contributed by atoms with Gasteiger partial charge < -0.3 is 39.9 Å². The molecule has 13 heteroatoms. The first kappa shape index (κ1) is 36.3. The van der Waals surface area contributed by atoms with Crippen LogP contribution in [-0.2, 0) is 32.2 Å². The van der Waals surface area contributed by atoms with E-state index in [2.05, 4.69) is 5.32 Å². The maximum absolute atomic E-state index is 13.0. The minimum absolute atomic E-state index is 0.0574. The minimum Gasteiger partial charge on any atom is -0.508 e. The second kappa shape index (κ2) is 15.7. The van der Waals surface area contributed by atoms with E-state index in [9.17, 15) is 38.1 Å². The largest absolute Gasteiger partial charge is 0.508 e. The lowest BCUT2D eigenvalue weighted by molar-refractivity contribution is -0.276. The highest BCUT2D eigenvalue weighted by molar-refractivity contribution is 5.90. The topological polar surface area (TPSA) is 132 Å². The molecule has 2 aliphatic heterocycles. The Balaban J connectivity index is 1.27. The number of carbonyl (C=O) groups excluding carboxylic acids is 2. The molecular weight excluding hydrogens is 643 g/mol. The standard InChI is InChI=1S/C36H42F3N3O7/c1-22-31(20-41(2)19-30(45)27-5-3-6-28(44)17-27)48-34(49-32(22)25-12-10-24(21-43)11-13-25)26-14-8-23(9-15-26)18-40-33(46)29-7-4-16-42(29)35(47)36(37,38)39/h3,5-6,8-15,17,22,29-32,34,43-45H,4,7,16,18-21H2,1-2H3,(H,40,46)/t22-,29-,30+,31+,32+,34+/m0/s1. The Morgan fingerprint density at radius 1 is 1.02 bits per heavy atom. The molecule has 0 radical (unpaired) electrons. The lowest BCUT2D eigenvalue weighted by Crippen LogP contribution is -2.50. The van der Waals surface area contributed by atoms with Crippen LogP contribution in [0.5, 0.6) is 5.75 Å². The van der Waals surface area contributed by atoms with Crippen LogP contribution in [0.25, 0.3) is 0 Å². The molecule has 0 spiro atoms. The van der Waals surface area contributed by atoms with Crippen molar-refractivity contribution in [3.8, 4) is 5.75 Å². The third-order valence-electron chi connectivity index (χ3n) is 9.13. The number of ether oxygens (including phenoxy) is 2. The highest BCUT2D eigenvalue weighted by atomic mass is 19.4. The number of hydrogen-bond donors (Lipinski definition) is 4. The van der Waals surface area contributed by atoms with Crippen LogP contribution >= 0.6 is 0 Å². The third kappa shape index (κ3) is 8.97. The van der Waals surface area contributed by atoms with Crippen molar-refractivity contribution in [1.82, 2.24) is 15.1 Å². The SMILES string of the molecule is C[C@H]1[C@@H](CN(C)C[C@@H](O)c2cccc(O)c2)O[C@@H](c2ccc(CNC(=O)[C@@H]3CCCN3C(=O)C(F)(F)F)cc2)O[C@H]1c1ccc(CO)cc1. The van der Waals surface area contributed by atoms with Crippen LogP contribution < -0.4 is 5.32 Å². The first-order valence-corrected chi connectivity index (χ1v) is 16.2. The Labute approximate surface area is 283 Å². The first-order chi connectivity index (χ1) is 23.3. The molecule has 264 valence electrons. The fourth-order valence-electron chi connectivity index (χ4n) is 6.39. The minimum atomic E-state index is -5.04. The van der Waals surface area contributed by atoms with Crippen LogP contribution in [-0.4, -0.2) is 81.9 Å². The molecule has 0 aliphatic carbocycles. The molecule has 5 rings (SSSR count). The Kier molecular flexibility index (Phi) is 11.6. The maximum Gasteiger partial charge on any atom is 0.471 e. The summed E-state index contributed by atoms with van der Waals surface area (Å²) >= 11 is 0. The number of likely N-dealkylation sites (N-methyl/N-ethyl adjacent to an activating group) is 1. The normalized spacial score (nSPS) is 23.4. The number of phenolic OH excluding ortho intramolecular Hbond substituents is 1. The van der Waals surface area contributed by atoms with Gasteiger partial charge in [-0.3, -0.25) is 9.59 Å². The van der Waals surface area contributed by atoms with Crippen molar-refractivity contribution in [3.05, 3.63) is 101 Å². The monoisotopic (exact) mass is 685 g/mol. The summed E-state index contributed by atoms with van der Waals surface area (Å²) in [5.74, 6) is -2.67. The molecule has 3 aromatic rings. The van der Waals surface area contributed by atoms with Gasteiger partial charge in [0.1, 0.15) is 11.8 Å². The van der Waals surface area contributed by atoms with Gasteiger partial charge in [-0.05, 0) is 54.3 Å². The van der Waals surface area contributed by atoms with E-state index < -0.39 is 36.4 Å². The van der Waals surface area contributed by atoms with Crippen LogP contribution in [0.1, 0.15) is 66.1 Å². The van der Waals surface area contributed by atoms with Crippen LogP contribution in [0.15, 0.2) is 72.8 Å².